The summed E-state index contributed by atoms with van der Waals surface area (Å²) in [5, 5.41) is 0. The zero-order valence-corrected chi connectivity index (χ0v) is 14.8. The molecule has 0 aliphatic carbocycles. The first-order valence-electron chi connectivity index (χ1n) is 7.98. The highest BCUT2D eigenvalue weighted by molar-refractivity contribution is 6.01. The number of morpholine rings is 1. The van der Waals surface area contributed by atoms with E-state index in [1.54, 1.807) is 11.8 Å². The summed E-state index contributed by atoms with van der Waals surface area (Å²) in [5.74, 6) is -0.855. The molecule has 2 atom stereocenters. The number of carbonyl (C=O) groups excluding carboxylic acids is 3. The first kappa shape index (κ1) is 18.2. The molecule has 7 nitrogen and oxygen atoms in total. The number of nitrogens with zero attached hydrogens (tertiary/aromatic N) is 1. The SMILES string of the molecule is COC(=O)c1c(CC(=O)N2C[C@@H](C)O[C@@H](C)C2)[nH]c(C(C)=O)c1C. The van der Waals surface area contributed by atoms with Crippen molar-refractivity contribution in [2.24, 2.45) is 0 Å². The zero-order valence-electron chi connectivity index (χ0n) is 14.8. The molecule has 0 bridgehead atoms. The number of ether oxygens (including phenoxy) is 2. The Bertz CT molecular complexity index is 654. The van der Waals surface area contributed by atoms with Gasteiger partial charge in [0.25, 0.3) is 0 Å². The molecule has 132 valence electrons. The Morgan fingerprint density at radius 2 is 1.83 bits per heavy atom. The molecule has 7 heteroatoms. The van der Waals surface area contributed by atoms with Crippen molar-refractivity contribution >= 4 is 17.7 Å². The molecule has 1 amide bonds. The Hall–Kier alpha value is -2.15. The van der Waals surface area contributed by atoms with Gasteiger partial charge in [0.2, 0.25) is 5.91 Å². The van der Waals surface area contributed by atoms with Crippen molar-refractivity contribution < 1.29 is 23.9 Å². The van der Waals surface area contributed by atoms with Crippen LogP contribution in [0.15, 0.2) is 0 Å². The van der Waals surface area contributed by atoms with Gasteiger partial charge in [-0.2, -0.15) is 0 Å². The molecule has 1 aromatic heterocycles. The molecule has 1 fully saturated rings. The topological polar surface area (TPSA) is 88.7 Å². The highest BCUT2D eigenvalue weighted by atomic mass is 16.5. The van der Waals surface area contributed by atoms with E-state index in [1.165, 1.54) is 14.0 Å². The number of esters is 1. The van der Waals surface area contributed by atoms with Gasteiger partial charge in [0.15, 0.2) is 5.78 Å². The second-order valence-electron chi connectivity index (χ2n) is 6.26. The third kappa shape index (κ3) is 3.67. The van der Waals surface area contributed by atoms with Gasteiger partial charge in [0.05, 0.1) is 37.0 Å². The average molecular weight is 336 g/mol. The number of nitrogens with one attached hydrogen (secondary N) is 1. The van der Waals surface area contributed by atoms with Gasteiger partial charge in [0, 0.05) is 25.7 Å². The summed E-state index contributed by atoms with van der Waals surface area (Å²) in [6, 6.07) is 0. The van der Waals surface area contributed by atoms with Crippen molar-refractivity contribution in [3.8, 4) is 0 Å². The Kier molecular flexibility index (Phi) is 5.43. The largest absolute Gasteiger partial charge is 0.465 e. The van der Waals surface area contributed by atoms with Crippen LogP contribution in [0.5, 0.6) is 0 Å². The van der Waals surface area contributed by atoms with Crippen molar-refractivity contribution in [2.75, 3.05) is 20.2 Å². The van der Waals surface area contributed by atoms with Crippen molar-refractivity contribution in [1.82, 2.24) is 9.88 Å². The van der Waals surface area contributed by atoms with Gasteiger partial charge < -0.3 is 19.4 Å². The molecule has 1 aromatic rings. The van der Waals surface area contributed by atoms with E-state index in [9.17, 15) is 14.4 Å². The van der Waals surface area contributed by atoms with Gasteiger partial charge in [-0.25, -0.2) is 4.79 Å². The Morgan fingerprint density at radius 3 is 2.33 bits per heavy atom. The minimum Gasteiger partial charge on any atom is -0.465 e. The van der Waals surface area contributed by atoms with Gasteiger partial charge in [0.1, 0.15) is 0 Å². The average Bonchev–Trinajstić information content (AvgIpc) is 2.82. The molecule has 2 rings (SSSR count). The molecule has 2 heterocycles. The molecule has 0 unspecified atom stereocenters. The van der Waals surface area contributed by atoms with Gasteiger partial charge in [-0.1, -0.05) is 0 Å². The lowest BCUT2D eigenvalue weighted by Crippen LogP contribution is -2.48. The quantitative estimate of drug-likeness (QED) is 0.665. The number of carbonyl (C=O) groups is 3. The van der Waals surface area contributed by atoms with E-state index in [4.69, 9.17) is 9.47 Å². The van der Waals surface area contributed by atoms with Gasteiger partial charge in [-0.15, -0.1) is 0 Å². The predicted octanol–water partition coefficient (Wildman–Crippen LogP) is 1.49. The molecule has 1 aliphatic heterocycles. The second kappa shape index (κ2) is 7.17. The number of Topliss-reactive ketones (excluding diaryl/α,β-unsaturated/α-hetero) is 1. The van der Waals surface area contributed by atoms with Crippen molar-refractivity contribution in [1.29, 1.82) is 0 Å². The molecule has 1 N–H and O–H groups in total. The van der Waals surface area contributed by atoms with Gasteiger partial charge in [-0.3, -0.25) is 9.59 Å². The fourth-order valence-corrected chi connectivity index (χ4v) is 3.17. The van der Waals surface area contributed by atoms with Crippen LogP contribution in [0.2, 0.25) is 0 Å². The summed E-state index contributed by atoms with van der Waals surface area (Å²) in [4.78, 5) is 41.1. The number of ketones is 1. The summed E-state index contributed by atoms with van der Waals surface area (Å²) >= 11 is 0. The number of hydrogen-bond acceptors (Lipinski definition) is 5. The highest BCUT2D eigenvalue weighted by Crippen LogP contribution is 2.22. The predicted molar refractivity (Wildman–Crippen MR) is 87.2 cm³/mol. The number of rotatable bonds is 4. The van der Waals surface area contributed by atoms with E-state index in [2.05, 4.69) is 4.98 Å². The van der Waals surface area contributed by atoms with E-state index < -0.39 is 5.97 Å². The molecule has 0 spiro atoms. The van der Waals surface area contributed by atoms with Crippen LogP contribution in [-0.2, 0) is 20.7 Å². The van der Waals surface area contributed by atoms with Crippen LogP contribution >= 0.6 is 0 Å². The van der Waals surface area contributed by atoms with Crippen LogP contribution in [0, 0.1) is 6.92 Å². The van der Waals surface area contributed by atoms with Crippen LogP contribution < -0.4 is 0 Å². The van der Waals surface area contributed by atoms with E-state index in [-0.39, 0.29) is 35.9 Å². The number of amides is 1. The summed E-state index contributed by atoms with van der Waals surface area (Å²) < 4.78 is 10.4. The van der Waals surface area contributed by atoms with E-state index in [0.717, 1.165) is 0 Å². The van der Waals surface area contributed by atoms with Gasteiger partial charge >= 0.3 is 5.97 Å². The van der Waals surface area contributed by atoms with Crippen molar-refractivity contribution in [3.05, 3.63) is 22.5 Å². The van der Waals surface area contributed by atoms with Crippen LogP contribution in [0.25, 0.3) is 0 Å². The molecular formula is C17H24N2O5. The molecular weight excluding hydrogens is 312 g/mol. The number of H-pyrrole nitrogens is 1. The monoisotopic (exact) mass is 336 g/mol. The Labute approximate surface area is 141 Å². The fourth-order valence-electron chi connectivity index (χ4n) is 3.17. The lowest BCUT2D eigenvalue weighted by molar-refractivity contribution is -0.142. The van der Waals surface area contributed by atoms with E-state index >= 15 is 0 Å². The number of aromatic nitrogens is 1. The Morgan fingerprint density at radius 1 is 1.25 bits per heavy atom. The minimum atomic E-state index is -0.553. The smallest absolute Gasteiger partial charge is 0.339 e. The molecule has 0 radical (unpaired) electrons. The lowest BCUT2D eigenvalue weighted by Gasteiger charge is -2.35. The summed E-state index contributed by atoms with van der Waals surface area (Å²) in [6.07, 6.45) is -0.0512. The number of methoxy groups -OCH3 is 1. The first-order chi connectivity index (χ1) is 11.2. The zero-order chi connectivity index (χ0) is 18.0. The lowest BCUT2D eigenvalue weighted by atomic mass is 10.1. The van der Waals surface area contributed by atoms with Gasteiger partial charge in [-0.05, 0) is 26.3 Å². The van der Waals surface area contributed by atoms with Crippen LogP contribution in [0.3, 0.4) is 0 Å². The maximum atomic E-state index is 12.6. The van der Waals surface area contributed by atoms with Crippen molar-refractivity contribution in [2.45, 2.75) is 46.3 Å². The number of aromatic amines is 1. The highest BCUT2D eigenvalue weighted by Gasteiger charge is 2.29. The normalized spacial score (nSPS) is 20.8. The summed E-state index contributed by atoms with van der Waals surface area (Å²) in [5.41, 5.74) is 1.54. The molecule has 0 saturated carbocycles. The standard InChI is InChI=1S/C17H24N2O5/c1-9-7-19(8-10(2)24-9)14(21)6-13-15(17(22)23-5)11(3)16(18-13)12(4)20/h9-10,18H,6-8H2,1-5H3/t9-,10+. The van der Waals surface area contributed by atoms with Crippen molar-refractivity contribution in [3.63, 3.8) is 0 Å². The summed E-state index contributed by atoms with van der Waals surface area (Å²) in [6.45, 7) is 7.94. The molecule has 1 saturated heterocycles. The van der Waals surface area contributed by atoms with Crippen LogP contribution in [0.1, 0.15) is 52.9 Å². The molecule has 0 aromatic carbocycles. The maximum Gasteiger partial charge on any atom is 0.339 e. The van der Waals surface area contributed by atoms with E-state index in [0.29, 0.717) is 30.0 Å². The maximum absolute atomic E-state index is 12.6. The second-order valence-corrected chi connectivity index (χ2v) is 6.26. The van der Waals surface area contributed by atoms with Crippen LogP contribution in [0.4, 0.5) is 0 Å². The third-order valence-corrected chi connectivity index (χ3v) is 4.17. The molecule has 24 heavy (non-hydrogen) atoms. The number of hydrogen-bond donors (Lipinski definition) is 1. The third-order valence-electron chi connectivity index (χ3n) is 4.17. The fraction of sp³-hybridized carbons (Fsp3) is 0.588. The first-order valence-corrected chi connectivity index (χ1v) is 7.98. The van der Waals surface area contributed by atoms with Crippen LogP contribution in [-0.4, -0.2) is 60.0 Å². The van der Waals surface area contributed by atoms with E-state index in [1.807, 2.05) is 13.8 Å². The Balaban J connectivity index is 2.28. The minimum absolute atomic E-state index is 0.0119. The molecule has 1 aliphatic rings. The summed E-state index contributed by atoms with van der Waals surface area (Å²) in [7, 11) is 1.28.